The minimum Gasteiger partial charge on any atom is -0.351 e. The number of carbonyl (C=O) groups excluding carboxylic acids is 1. The van der Waals surface area contributed by atoms with E-state index in [1.54, 1.807) is 36.4 Å². The highest BCUT2D eigenvalue weighted by molar-refractivity contribution is 7.89. The molecule has 3 rings (SSSR count). The van der Waals surface area contributed by atoms with Gasteiger partial charge in [0.2, 0.25) is 10.0 Å². The van der Waals surface area contributed by atoms with Gasteiger partial charge in [-0.3, -0.25) is 4.79 Å². The van der Waals surface area contributed by atoms with Gasteiger partial charge < -0.3 is 5.32 Å². The molecule has 0 aliphatic heterocycles. The highest BCUT2D eigenvalue weighted by Gasteiger charge is 2.13. The van der Waals surface area contributed by atoms with Crippen molar-refractivity contribution in [2.45, 2.75) is 11.8 Å². The zero-order valence-corrected chi connectivity index (χ0v) is 16.4. The monoisotopic (exact) mass is 394 g/mol. The lowest BCUT2D eigenvalue weighted by Crippen LogP contribution is -2.34. The zero-order valence-electron chi connectivity index (χ0n) is 15.6. The summed E-state index contributed by atoms with van der Waals surface area (Å²) in [6.45, 7) is 2.21. The van der Waals surface area contributed by atoms with Crippen molar-refractivity contribution in [1.82, 2.24) is 10.0 Å². The lowest BCUT2D eigenvalue weighted by molar-refractivity contribution is 0.0954. The molecule has 0 radical (unpaired) electrons. The summed E-state index contributed by atoms with van der Waals surface area (Å²) >= 11 is 0. The number of hydrogen-bond acceptors (Lipinski definition) is 3. The smallest absolute Gasteiger partial charge is 0.251 e. The molecule has 3 aromatic rings. The van der Waals surface area contributed by atoms with Crippen LogP contribution in [-0.4, -0.2) is 27.4 Å². The summed E-state index contributed by atoms with van der Waals surface area (Å²) in [4.78, 5) is 12.4. The number of hydrogen-bond donors (Lipinski definition) is 2. The van der Waals surface area contributed by atoms with Crippen molar-refractivity contribution in [3.8, 4) is 11.1 Å². The van der Waals surface area contributed by atoms with Gasteiger partial charge >= 0.3 is 0 Å². The molecule has 0 aromatic heterocycles. The zero-order chi connectivity index (χ0) is 20.0. The number of sulfonamides is 1. The van der Waals surface area contributed by atoms with E-state index in [0.717, 1.165) is 16.7 Å². The number of rotatable bonds is 7. The molecule has 3 aromatic carbocycles. The highest BCUT2D eigenvalue weighted by Crippen LogP contribution is 2.19. The molecule has 5 nitrogen and oxygen atoms in total. The molecule has 28 heavy (non-hydrogen) atoms. The first-order chi connectivity index (χ1) is 13.5. The van der Waals surface area contributed by atoms with Crippen molar-refractivity contribution < 1.29 is 13.2 Å². The average Bonchev–Trinajstić information content (AvgIpc) is 2.72. The van der Waals surface area contributed by atoms with Crippen LogP contribution in [0.2, 0.25) is 0 Å². The molecule has 0 bridgehead atoms. The second-order valence-corrected chi connectivity index (χ2v) is 8.18. The molecule has 0 aliphatic carbocycles. The first-order valence-corrected chi connectivity index (χ1v) is 10.4. The van der Waals surface area contributed by atoms with Crippen molar-refractivity contribution in [3.05, 3.63) is 90.0 Å². The minimum atomic E-state index is -3.58. The van der Waals surface area contributed by atoms with Crippen LogP contribution in [0.15, 0.2) is 83.8 Å². The van der Waals surface area contributed by atoms with E-state index in [0.29, 0.717) is 5.56 Å². The van der Waals surface area contributed by atoms with Crippen molar-refractivity contribution >= 4 is 15.9 Å². The standard InChI is InChI=1S/C22H22N2O3S/c1-17-7-13-21(14-8-17)28(26,27)24-16-15-23-22(25)20-11-9-19(10-12-20)18-5-3-2-4-6-18/h2-14,24H,15-16H2,1H3,(H,23,25). The minimum absolute atomic E-state index is 0.115. The molecule has 6 heteroatoms. The summed E-state index contributed by atoms with van der Waals surface area (Å²) in [5, 5.41) is 2.73. The maximum atomic E-state index is 12.2. The van der Waals surface area contributed by atoms with Gasteiger partial charge in [-0.1, -0.05) is 60.2 Å². The lowest BCUT2D eigenvalue weighted by Gasteiger charge is -2.09. The Morgan fingerprint density at radius 1 is 0.786 bits per heavy atom. The maximum Gasteiger partial charge on any atom is 0.251 e. The van der Waals surface area contributed by atoms with E-state index in [2.05, 4.69) is 10.0 Å². The quantitative estimate of drug-likeness (QED) is 0.603. The lowest BCUT2D eigenvalue weighted by atomic mass is 10.0. The van der Waals surface area contributed by atoms with Crippen LogP contribution in [0.1, 0.15) is 15.9 Å². The van der Waals surface area contributed by atoms with Crippen molar-refractivity contribution in [1.29, 1.82) is 0 Å². The molecule has 2 N–H and O–H groups in total. The van der Waals surface area contributed by atoms with Gasteiger partial charge in [-0.15, -0.1) is 0 Å². The van der Waals surface area contributed by atoms with Crippen molar-refractivity contribution in [2.24, 2.45) is 0 Å². The van der Waals surface area contributed by atoms with Crippen LogP contribution in [0.25, 0.3) is 11.1 Å². The SMILES string of the molecule is Cc1ccc(S(=O)(=O)NCCNC(=O)c2ccc(-c3ccccc3)cc2)cc1. The van der Waals surface area contributed by atoms with Crippen molar-refractivity contribution in [3.63, 3.8) is 0 Å². The van der Waals surface area contributed by atoms with E-state index in [1.807, 2.05) is 49.4 Å². The molecule has 0 heterocycles. The van der Waals surface area contributed by atoms with Crippen LogP contribution in [0.4, 0.5) is 0 Å². The molecule has 0 saturated carbocycles. The molecule has 0 saturated heterocycles. The van der Waals surface area contributed by atoms with Crippen LogP contribution < -0.4 is 10.0 Å². The molecular weight excluding hydrogens is 372 g/mol. The fraction of sp³-hybridized carbons (Fsp3) is 0.136. The van der Waals surface area contributed by atoms with Crippen molar-refractivity contribution in [2.75, 3.05) is 13.1 Å². The first-order valence-electron chi connectivity index (χ1n) is 8.96. The first kappa shape index (κ1) is 19.8. The van der Waals surface area contributed by atoms with E-state index >= 15 is 0 Å². The highest BCUT2D eigenvalue weighted by atomic mass is 32.2. The summed E-state index contributed by atoms with van der Waals surface area (Å²) in [5.41, 5.74) is 3.63. The molecule has 0 atom stereocenters. The van der Waals surface area contributed by atoms with E-state index in [4.69, 9.17) is 0 Å². The van der Waals surface area contributed by atoms with Gasteiger partial charge in [0.25, 0.3) is 5.91 Å². The van der Waals surface area contributed by atoms with Gasteiger partial charge in [0.05, 0.1) is 4.90 Å². The maximum absolute atomic E-state index is 12.2. The number of benzene rings is 3. The summed E-state index contributed by atoms with van der Waals surface area (Å²) in [5.74, 6) is -0.242. The Morgan fingerprint density at radius 2 is 1.39 bits per heavy atom. The van der Waals surface area contributed by atoms with E-state index in [9.17, 15) is 13.2 Å². The Hall–Kier alpha value is -2.96. The second-order valence-electron chi connectivity index (χ2n) is 6.41. The van der Waals surface area contributed by atoms with Gasteiger partial charge in [0.1, 0.15) is 0 Å². The van der Waals surface area contributed by atoms with Gasteiger partial charge in [-0.05, 0) is 42.3 Å². The fourth-order valence-electron chi connectivity index (χ4n) is 2.71. The predicted octanol–water partition coefficient (Wildman–Crippen LogP) is 3.37. The summed E-state index contributed by atoms with van der Waals surface area (Å²) < 4.78 is 26.9. The van der Waals surface area contributed by atoms with Gasteiger partial charge in [0.15, 0.2) is 0 Å². The Labute approximate surface area is 165 Å². The third-order valence-corrected chi connectivity index (χ3v) is 5.77. The summed E-state index contributed by atoms with van der Waals surface area (Å²) in [6.07, 6.45) is 0. The van der Waals surface area contributed by atoms with Crippen LogP contribution in [0, 0.1) is 6.92 Å². The van der Waals surface area contributed by atoms with Crippen LogP contribution in [0.3, 0.4) is 0 Å². The van der Waals surface area contributed by atoms with Crippen LogP contribution >= 0.6 is 0 Å². The largest absolute Gasteiger partial charge is 0.351 e. The van der Waals surface area contributed by atoms with E-state index in [1.165, 1.54) is 0 Å². The second kappa shape index (κ2) is 8.82. The topological polar surface area (TPSA) is 75.3 Å². The third-order valence-electron chi connectivity index (χ3n) is 4.29. The number of amides is 1. The molecule has 0 unspecified atom stereocenters. The Bertz CT molecular complexity index is 1030. The molecule has 144 valence electrons. The fourth-order valence-corrected chi connectivity index (χ4v) is 3.74. The molecule has 1 amide bonds. The normalized spacial score (nSPS) is 11.2. The Balaban J connectivity index is 1.51. The van der Waals surface area contributed by atoms with Gasteiger partial charge in [0, 0.05) is 18.7 Å². The number of nitrogens with one attached hydrogen (secondary N) is 2. The molecular formula is C22H22N2O3S. The molecule has 0 aliphatic rings. The Morgan fingerprint density at radius 3 is 2.04 bits per heavy atom. The summed E-state index contributed by atoms with van der Waals surface area (Å²) in [7, 11) is -3.58. The van der Waals surface area contributed by atoms with Gasteiger partial charge in [-0.2, -0.15) is 0 Å². The third kappa shape index (κ3) is 5.06. The van der Waals surface area contributed by atoms with Crippen LogP contribution in [-0.2, 0) is 10.0 Å². The molecule has 0 spiro atoms. The van der Waals surface area contributed by atoms with E-state index in [-0.39, 0.29) is 23.9 Å². The van der Waals surface area contributed by atoms with Gasteiger partial charge in [-0.25, -0.2) is 13.1 Å². The number of carbonyl (C=O) groups is 1. The average molecular weight is 394 g/mol. The predicted molar refractivity (Wildman–Crippen MR) is 111 cm³/mol. The molecule has 0 fully saturated rings. The summed E-state index contributed by atoms with van der Waals surface area (Å²) in [6, 6.07) is 23.8. The van der Waals surface area contributed by atoms with E-state index < -0.39 is 10.0 Å². The number of aryl methyl sites for hydroxylation is 1. The Kier molecular flexibility index (Phi) is 6.23. The van der Waals surface area contributed by atoms with Crippen LogP contribution in [0.5, 0.6) is 0 Å².